The molecule has 1 aromatic carbocycles. The zero-order valence-corrected chi connectivity index (χ0v) is 11.2. The Morgan fingerprint density at radius 3 is 1.65 bits per heavy atom. The maximum Gasteiger partial charge on any atom is 0.430 e. The van der Waals surface area contributed by atoms with Gasteiger partial charge in [0, 0.05) is 5.56 Å². The van der Waals surface area contributed by atoms with Crippen molar-refractivity contribution >= 4 is 17.6 Å². The van der Waals surface area contributed by atoms with Gasteiger partial charge in [0.25, 0.3) is 5.60 Å². The fourth-order valence-corrected chi connectivity index (χ4v) is 1.55. The van der Waals surface area contributed by atoms with E-state index in [-0.39, 0.29) is 5.69 Å². The molecule has 0 heterocycles. The zero-order valence-electron chi connectivity index (χ0n) is 11.2. The van der Waals surface area contributed by atoms with Gasteiger partial charge in [0.05, 0.1) is 5.69 Å². The van der Waals surface area contributed by atoms with Crippen LogP contribution in [0.4, 0.5) is 32.0 Å². The molecule has 0 aliphatic heterocycles. The Bertz CT molecular complexity index is 601. The van der Waals surface area contributed by atoms with Crippen LogP contribution in [0.25, 0.3) is 0 Å². The van der Waals surface area contributed by atoms with Crippen LogP contribution < -0.4 is 17.2 Å². The van der Waals surface area contributed by atoms with Gasteiger partial charge >= 0.3 is 12.4 Å². The minimum absolute atomic E-state index is 0.122. The number of benzene rings is 1. The van der Waals surface area contributed by atoms with Gasteiger partial charge in [-0.05, 0) is 12.1 Å². The highest BCUT2D eigenvalue weighted by Crippen LogP contribution is 2.50. The van der Waals surface area contributed by atoms with Gasteiger partial charge in [-0.1, -0.05) is 12.1 Å². The van der Waals surface area contributed by atoms with Crippen LogP contribution in [-0.4, -0.2) is 29.4 Å². The quantitative estimate of drug-likeness (QED) is 0.366. The SMILES string of the molecule is NC(N)=NC(N)=Nc1ccc(C(O)(C(F)(F)F)C(F)(F)F)cc1. The molecule has 12 heteroatoms. The Hall–Kier alpha value is -2.50. The number of hydrogen-bond acceptors (Lipinski definition) is 2. The van der Waals surface area contributed by atoms with Crippen LogP contribution in [0.15, 0.2) is 34.3 Å². The number of aliphatic imine (C=N–C) groups is 2. The molecule has 0 saturated carbocycles. The Morgan fingerprint density at radius 2 is 1.30 bits per heavy atom. The number of rotatable bonds is 2. The maximum atomic E-state index is 12.7. The Kier molecular flexibility index (Phi) is 4.80. The summed E-state index contributed by atoms with van der Waals surface area (Å²) in [6.45, 7) is 0. The molecule has 0 unspecified atom stereocenters. The Balaban J connectivity index is 3.29. The lowest BCUT2D eigenvalue weighted by Gasteiger charge is -2.32. The average molecular weight is 343 g/mol. The minimum atomic E-state index is -5.96. The first-order valence-corrected chi connectivity index (χ1v) is 5.69. The van der Waals surface area contributed by atoms with E-state index in [0.29, 0.717) is 12.1 Å². The third-order valence-corrected chi connectivity index (χ3v) is 2.59. The van der Waals surface area contributed by atoms with Gasteiger partial charge in [0.1, 0.15) is 0 Å². The fraction of sp³-hybridized carbons (Fsp3) is 0.273. The number of hydrogen-bond donors (Lipinski definition) is 4. The predicted octanol–water partition coefficient (Wildman–Crippen LogP) is 1.22. The van der Waals surface area contributed by atoms with E-state index in [2.05, 4.69) is 9.98 Å². The predicted molar refractivity (Wildman–Crippen MR) is 69.5 cm³/mol. The highest BCUT2D eigenvalue weighted by molar-refractivity contribution is 5.93. The van der Waals surface area contributed by atoms with Crippen LogP contribution in [0, 0.1) is 0 Å². The lowest BCUT2D eigenvalue weighted by molar-refractivity contribution is -0.376. The van der Waals surface area contributed by atoms with E-state index in [1.165, 1.54) is 0 Å². The lowest BCUT2D eigenvalue weighted by atomic mass is 9.92. The van der Waals surface area contributed by atoms with Crippen molar-refractivity contribution in [3.05, 3.63) is 29.8 Å². The van der Waals surface area contributed by atoms with Crippen LogP contribution in [0.1, 0.15) is 5.56 Å². The third kappa shape index (κ3) is 3.83. The number of guanidine groups is 2. The molecule has 0 fully saturated rings. The number of nitrogens with zero attached hydrogens (tertiary/aromatic N) is 2. The molecule has 7 N–H and O–H groups in total. The van der Waals surface area contributed by atoms with E-state index in [4.69, 9.17) is 17.2 Å². The van der Waals surface area contributed by atoms with Crippen LogP contribution in [0.3, 0.4) is 0 Å². The first-order valence-electron chi connectivity index (χ1n) is 5.69. The Labute approximate surface area is 125 Å². The van der Waals surface area contributed by atoms with Crippen LogP contribution in [-0.2, 0) is 5.60 Å². The summed E-state index contributed by atoms with van der Waals surface area (Å²) in [6, 6.07) is 2.41. The average Bonchev–Trinajstić information content (AvgIpc) is 2.34. The van der Waals surface area contributed by atoms with Crippen LogP contribution in [0.2, 0.25) is 0 Å². The first kappa shape index (κ1) is 18.5. The summed E-state index contributed by atoms with van der Waals surface area (Å²) in [7, 11) is 0. The molecule has 0 saturated heterocycles. The molecule has 1 aromatic rings. The molecule has 0 atom stereocenters. The van der Waals surface area contributed by atoms with Crippen molar-refractivity contribution in [1.29, 1.82) is 0 Å². The van der Waals surface area contributed by atoms with Gasteiger partial charge in [-0.15, -0.1) is 0 Å². The summed E-state index contributed by atoms with van der Waals surface area (Å²) in [6.07, 6.45) is -11.9. The zero-order chi connectivity index (χ0) is 18.1. The summed E-state index contributed by atoms with van der Waals surface area (Å²) in [5, 5.41) is 9.18. The smallest absolute Gasteiger partial charge is 0.370 e. The second-order valence-electron chi connectivity index (χ2n) is 4.26. The van der Waals surface area contributed by atoms with E-state index in [9.17, 15) is 31.4 Å². The molecule has 0 radical (unpaired) electrons. The van der Waals surface area contributed by atoms with Crippen molar-refractivity contribution in [2.24, 2.45) is 27.2 Å². The van der Waals surface area contributed by atoms with E-state index in [0.717, 1.165) is 12.1 Å². The lowest BCUT2D eigenvalue weighted by Crippen LogP contribution is -2.53. The molecule has 128 valence electrons. The Morgan fingerprint density at radius 1 is 0.870 bits per heavy atom. The molecular formula is C11H11F6N5O. The number of halogens is 6. The number of alkyl halides is 6. The second-order valence-corrected chi connectivity index (χ2v) is 4.26. The van der Waals surface area contributed by atoms with Crippen molar-refractivity contribution in [3.63, 3.8) is 0 Å². The van der Waals surface area contributed by atoms with Gasteiger partial charge in [-0.2, -0.15) is 31.3 Å². The second kappa shape index (κ2) is 5.95. The molecule has 6 nitrogen and oxygen atoms in total. The molecule has 0 aliphatic carbocycles. The third-order valence-electron chi connectivity index (χ3n) is 2.59. The van der Waals surface area contributed by atoms with Gasteiger partial charge < -0.3 is 22.3 Å². The largest absolute Gasteiger partial charge is 0.430 e. The van der Waals surface area contributed by atoms with Gasteiger partial charge in [-0.3, -0.25) is 0 Å². The van der Waals surface area contributed by atoms with E-state index in [1.807, 2.05) is 0 Å². The number of nitrogens with two attached hydrogens (primary N) is 3. The topological polar surface area (TPSA) is 123 Å². The van der Waals surface area contributed by atoms with Crippen molar-refractivity contribution in [1.82, 2.24) is 0 Å². The van der Waals surface area contributed by atoms with Crippen molar-refractivity contribution in [2.75, 3.05) is 0 Å². The van der Waals surface area contributed by atoms with Crippen LogP contribution >= 0.6 is 0 Å². The molecular weight excluding hydrogens is 332 g/mol. The van der Waals surface area contributed by atoms with Crippen molar-refractivity contribution in [3.8, 4) is 0 Å². The highest BCUT2D eigenvalue weighted by atomic mass is 19.4. The van der Waals surface area contributed by atoms with Gasteiger partial charge in [0.2, 0.25) is 5.96 Å². The summed E-state index contributed by atoms with van der Waals surface area (Å²) in [4.78, 5) is 6.86. The highest BCUT2D eigenvalue weighted by Gasteiger charge is 2.71. The van der Waals surface area contributed by atoms with E-state index in [1.54, 1.807) is 0 Å². The van der Waals surface area contributed by atoms with Gasteiger partial charge in [0.15, 0.2) is 5.96 Å². The summed E-state index contributed by atoms with van der Waals surface area (Å²) in [5.41, 5.74) is 8.73. The maximum absolute atomic E-state index is 12.7. The molecule has 1 rings (SSSR count). The van der Waals surface area contributed by atoms with Crippen LogP contribution in [0.5, 0.6) is 0 Å². The fourth-order valence-electron chi connectivity index (χ4n) is 1.55. The first-order chi connectivity index (χ1) is 10.3. The number of aliphatic hydroxyl groups is 1. The summed E-state index contributed by atoms with van der Waals surface area (Å²) < 4.78 is 76.1. The van der Waals surface area contributed by atoms with Gasteiger partial charge in [-0.25, -0.2) is 4.99 Å². The van der Waals surface area contributed by atoms with E-state index >= 15 is 0 Å². The molecule has 0 bridgehead atoms. The summed E-state index contributed by atoms with van der Waals surface area (Å²) in [5.74, 6) is -0.897. The molecule has 0 aliphatic rings. The normalized spacial score (nSPS) is 13.8. The van der Waals surface area contributed by atoms with Crippen molar-refractivity contribution in [2.45, 2.75) is 18.0 Å². The van der Waals surface area contributed by atoms with Crippen molar-refractivity contribution < 1.29 is 31.4 Å². The van der Waals surface area contributed by atoms with E-state index < -0.39 is 35.4 Å². The molecule has 23 heavy (non-hydrogen) atoms. The molecule has 0 spiro atoms. The monoisotopic (exact) mass is 343 g/mol. The standard InChI is InChI=1S/C11H11F6N5O/c12-10(13,14)9(23,11(15,16)17)5-1-3-6(4-2-5)21-8(20)22-7(18)19/h1-4,23H,(H6,18,19,20,21,22). The minimum Gasteiger partial charge on any atom is -0.370 e. The molecule has 0 aromatic heterocycles. The molecule has 0 amide bonds. The summed E-state index contributed by atoms with van der Waals surface area (Å²) >= 11 is 0.